The van der Waals surface area contributed by atoms with Crippen molar-refractivity contribution in [3.05, 3.63) is 80.3 Å². The lowest BCUT2D eigenvalue weighted by Crippen LogP contribution is -2.37. The second-order valence-corrected chi connectivity index (χ2v) is 10.5. The van der Waals surface area contributed by atoms with Crippen LogP contribution in [0.1, 0.15) is 10.4 Å². The smallest absolute Gasteiger partial charge is 0.293 e. The third kappa shape index (κ3) is 5.57. The first kappa shape index (κ1) is 26.3. The van der Waals surface area contributed by atoms with Gasteiger partial charge < -0.3 is 15.0 Å². The maximum absolute atomic E-state index is 13.0. The predicted octanol–water partition coefficient (Wildman–Crippen LogP) is 6.14. The number of nitrogens with zero attached hydrogens (tertiary/aromatic N) is 3. The van der Waals surface area contributed by atoms with Gasteiger partial charge in [0, 0.05) is 35.3 Å². The van der Waals surface area contributed by atoms with Gasteiger partial charge in [-0.25, -0.2) is 4.98 Å². The summed E-state index contributed by atoms with van der Waals surface area (Å²) in [4.78, 5) is 30.7. The van der Waals surface area contributed by atoms with E-state index < -0.39 is 10.8 Å². The number of benzene rings is 3. The van der Waals surface area contributed by atoms with Crippen molar-refractivity contribution in [1.82, 2.24) is 10.3 Å². The number of rotatable bonds is 5. The summed E-state index contributed by atoms with van der Waals surface area (Å²) in [5.74, 6) is -0.606. The van der Waals surface area contributed by atoms with Crippen LogP contribution in [0.15, 0.2) is 54.6 Å². The van der Waals surface area contributed by atoms with E-state index in [1.165, 1.54) is 23.5 Å². The first-order valence-corrected chi connectivity index (χ1v) is 13.4. The second-order valence-electron chi connectivity index (χ2n) is 8.27. The quantitative estimate of drug-likeness (QED) is 0.163. The highest BCUT2D eigenvalue weighted by Gasteiger charge is 2.24. The van der Waals surface area contributed by atoms with Crippen molar-refractivity contribution in [2.75, 3.05) is 36.5 Å². The van der Waals surface area contributed by atoms with Crippen molar-refractivity contribution in [3.63, 3.8) is 0 Å². The maximum Gasteiger partial charge on any atom is 0.293 e. The van der Waals surface area contributed by atoms with Gasteiger partial charge in [0.15, 0.2) is 5.11 Å². The van der Waals surface area contributed by atoms with Gasteiger partial charge in [-0.3, -0.25) is 20.2 Å². The normalized spacial score (nSPS) is 13.4. The highest BCUT2D eigenvalue weighted by Crippen LogP contribution is 2.40. The van der Waals surface area contributed by atoms with Crippen LogP contribution in [0, 0.1) is 10.1 Å². The van der Waals surface area contributed by atoms with Crippen LogP contribution in [0.4, 0.5) is 17.1 Å². The molecule has 194 valence electrons. The summed E-state index contributed by atoms with van der Waals surface area (Å²) in [5, 5.41) is 18.6. The topological polar surface area (TPSA) is 110 Å². The Morgan fingerprint density at radius 1 is 1.13 bits per heavy atom. The molecule has 5 rings (SSSR count). The Morgan fingerprint density at radius 2 is 1.89 bits per heavy atom. The molecule has 0 aliphatic carbocycles. The zero-order chi connectivity index (χ0) is 26.8. The number of carbonyl (C=O) groups is 1. The molecule has 1 amide bonds. The maximum atomic E-state index is 13.0. The lowest BCUT2D eigenvalue weighted by atomic mass is 10.1. The minimum absolute atomic E-state index is 0.0403. The van der Waals surface area contributed by atoms with E-state index in [-0.39, 0.29) is 21.4 Å². The standard InChI is InChI=1S/C25H19Cl2N5O4S2/c26-15-12-16(24-28-18-3-1-2-4-21(18)38-24)22(17(27)13-15)29-25(37)30-23(33)14-5-6-19(20(11-14)32(34)35)31-7-9-36-10-8-31/h1-6,11-13H,7-10H2,(H2,29,30,33,37). The van der Waals surface area contributed by atoms with E-state index in [1.54, 1.807) is 18.2 Å². The molecule has 1 aliphatic rings. The molecular formula is C25H19Cl2N5O4S2. The molecule has 2 heterocycles. The van der Waals surface area contributed by atoms with Crippen LogP contribution in [0.25, 0.3) is 20.8 Å². The largest absolute Gasteiger partial charge is 0.378 e. The first-order valence-electron chi connectivity index (χ1n) is 11.4. The molecule has 1 fully saturated rings. The van der Waals surface area contributed by atoms with Gasteiger partial charge in [0.1, 0.15) is 10.7 Å². The molecule has 3 aromatic carbocycles. The van der Waals surface area contributed by atoms with Gasteiger partial charge in [0.25, 0.3) is 11.6 Å². The third-order valence-electron chi connectivity index (χ3n) is 5.83. The van der Waals surface area contributed by atoms with Gasteiger partial charge in [-0.05, 0) is 48.6 Å². The molecule has 0 unspecified atom stereocenters. The van der Waals surface area contributed by atoms with Crippen LogP contribution in [0.3, 0.4) is 0 Å². The summed E-state index contributed by atoms with van der Waals surface area (Å²) >= 11 is 19.6. The number of para-hydroxylation sites is 1. The fourth-order valence-electron chi connectivity index (χ4n) is 4.06. The lowest BCUT2D eigenvalue weighted by molar-refractivity contribution is -0.384. The zero-order valence-corrected chi connectivity index (χ0v) is 22.7. The summed E-state index contributed by atoms with van der Waals surface area (Å²) in [6, 6.07) is 15.3. The number of hydrogen-bond donors (Lipinski definition) is 2. The highest BCUT2D eigenvalue weighted by molar-refractivity contribution is 7.80. The SMILES string of the molecule is O=C(NC(=S)Nc1c(Cl)cc(Cl)cc1-c1nc2ccccc2s1)c1ccc(N2CCOCC2)c([N+](=O)[O-])c1. The van der Waals surface area contributed by atoms with Crippen molar-refractivity contribution < 1.29 is 14.5 Å². The Labute approximate surface area is 236 Å². The van der Waals surface area contributed by atoms with Crippen molar-refractivity contribution in [2.24, 2.45) is 0 Å². The number of halogens is 2. The molecule has 4 aromatic rings. The fraction of sp³-hybridized carbons (Fsp3) is 0.160. The lowest BCUT2D eigenvalue weighted by Gasteiger charge is -2.28. The highest BCUT2D eigenvalue weighted by atomic mass is 35.5. The van der Waals surface area contributed by atoms with Crippen molar-refractivity contribution in [2.45, 2.75) is 0 Å². The number of amides is 1. The molecule has 2 N–H and O–H groups in total. The minimum Gasteiger partial charge on any atom is -0.378 e. The molecule has 1 aliphatic heterocycles. The number of ether oxygens (including phenoxy) is 1. The Balaban J connectivity index is 1.38. The number of hydrogen-bond acceptors (Lipinski definition) is 8. The Bertz CT molecular complexity index is 1540. The molecule has 1 aromatic heterocycles. The molecule has 9 nitrogen and oxygen atoms in total. The van der Waals surface area contributed by atoms with Gasteiger partial charge in [0.2, 0.25) is 0 Å². The minimum atomic E-state index is -0.606. The van der Waals surface area contributed by atoms with Crippen LogP contribution in [0.5, 0.6) is 0 Å². The van der Waals surface area contributed by atoms with Crippen LogP contribution in [0.2, 0.25) is 10.0 Å². The number of aromatic nitrogens is 1. The van der Waals surface area contributed by atoms with Crippen molar-refractivity contribution in [1.29, 1.82) is 0 Å². The molecular weight excluding hydrogens is 569 g/mol. The average Bonchev–Trinajstić information content (AvgIpc) is 3.34. The Kier molecular flexibility index (Phi) is 7.73. The van der Waals surface area contributed by atoms with E-state index in [2.05, 4.69) is 15.6 Å². The van der Waals surface area contributed by atoms with E-state index in [0.717, 1.165) is 10.2 Å². The molecule has 0 spiro atoms. The number of nitro groups is 1. The number of nitrogens with one attached hydrogen (secondary N) is 2. The van der Waals surface area contributed by atoms with Gasteiger partial charge in [-0.2, -0.15) is 0 Å². The number of morpholine rings is 1. The van der Waals surface area contributed by atoms with E-state index in [1.807, 2.05) is 29.2 Å². The molecule has 0 atom stereocenters. The summed E-state index contributed by atoms with van der Waals surface area (Å²) in [6.45, 7) is 2.01. The molecule has 1 saturated heterocycles. The number of thiazole rings is 1. The third-order valence-corrected chi connectivity index (χ3v) is 7.62. The Morgan fingerprint density at radius 3 is 2.63 bits per heavy atom. The predicted molar refractivity (Wildman–Crippen MR) is 155 cm³/mol. The average molecular weight is 588 g/mol. The number of thiocarbonyl (C=S) groups is 1. The molecule has 38 heavy (non-hydrogen) atoms. The van der Waals surface area contributed by atoms with Crippen LogP contribution in [-0.2, 0) is 4.74 Å². The number of nitro benzene ring substituents is 1. The summed E-state index contributed by atoms with van der Waals surface area (Å²) in [7, 11) is 0. The second kappa shape index (κ2) is 11.2. The number of carbonyl (C=O) groups excluding carboxylic acids is 1. The summed E-state index contributed by atoms with van der Waals surface area (Å²) < 4.78 is 6.31. The number of fused-ring (bicyclic) bond motifs is 1. The summed E-state index contributed by atoms with van der Waals surface area (Å²) in [5.41, 5.74) is 2.22. The van der Waals surface area contributed by atoms with E-state index in [4.69, 9.17) is 40.2 Å². The molecule has 0 bridgehead atoms. The molecule has 0 saturated carbocycles. The van der Waals surface area contributed by atoms with Crippen LogP contribution < -0.4 is 15.5 Å². The van der Waals surface area contributed by atoms with Gasteiger partial charge in [-0.1, -0.05) is 35.3 Å². The Hall–Kier alpha value is -3.35. The van der Waals surface area contributed by atoms with Gasteiger partial charge >= 0.3 is 0 Å². The van der Waals surface area contributed by atoms with Gasteiger partial charge in [0.05, 0.1) is 39.1 Å². The number of anilines is 2. The van der Waals surface area contributed by atoms with Crippen LogP contribution >= 0.6 is 46.8 Å². The van der Waals surface area contributed by atoms with Gasteiger partial charge in [-0.15, -0.1) is 11.3 Å². The van der Waals surface area contributed by atoms with Crippen molar-refractivity contribution >= 4 is 85.1 Å². The van der Waals surface area contributed by atoms with E-state index >= 15 is 0 Å². The molecule has 0 radical (unpaired) electrons. The van der Waals surface area contributed by atoms with E-state index in [9.17, 15) is 14.9 Å². The zero-order valence-electron chi connectivity index (χ0n) is 19.6. The fourth-order valence-corrected chi connectivity index (χ4v) is 5.78. The molecule has 13 heteroatoms. The first-order chi connectivity index (χ1) is 18.3. The summed E-state index contributed by atoms with van der Waals surface area (Å²) in [6.07, 6.45) is 0. The van der Waals surface area contributed by atoms with E-state index in [0.29, 0.717) is 53.3 Å². The monoisotopic (exact) mass is 587 g/mol. The van der Waals surface area contributed by atoms with Crippen LogP contribution in [-0.4, -0.2) is 47.2 Å². The van der Waals surface area contributed by atoms with Crippen molar-refractivity contribution in [3.8, 4) is 10.6 Å².